The summed E-state index contributed by atoms with van der Waals surface area (Å²) in [6, 6.07) is 7.95. The second kappa shape index (κ2) is 4.34. The van der Waals surface area contributed by atoms with E-state index in [2.05, 4.69) is 10.2 Å². The number of sulfonamides is 1. The normalized spacial score (nSPS) is 18.0. The van der Waals surface area contributed by atoms with E-state index in [9.17, 15) is 18.3 Å². The fourth-order valence-corrected chi connectivity index (χ4v) is 3.72. The Kier molecular flexibility index (Phi) is 2.75. The van der Waals surface area contributed by atoms with Gasteiger partial charge in [-0.25, -0.2) is 0 Å². The van der Waals surface area contributed by atoms with Gasteiger partial charge >= 0.3 is 5.97 Å². The fraction of sp³-hybridized carbons (Fsp3) is 0.167. The summed E-state index contributed by atoms with van der Waals surface area (Å²) in [7, 11) is -3.82. The molecule has 1 atom stereocenters. The number of carboxylic acid groups (broad SMARTS) is 1. The molecule has 0 aliphatic carbocycles. The standard InChI is InChI=1S/C12H11N3O4S/c16-12(17)9-7-15(10-4-2-1-3-8(9)10)20(18,19)11-5-6-13-14-11/h1-6,9H,7H2,(H,13,14)(H,16,17). The zero-order chi connectivity index (χ0) is 14.3. The third-order valence-corrected chi connectivity index (χ3v) is 4.98. The Morgan fingerprint density at radius 1 is 1.35 bits per heavy atom. The van der Waals surface area contributed by atoms with Crippen LogP contribution in [-0.4, -0.2) is 36.2 Å². The molecule has 1 aromatic carbocycles. The van der Waals surface area contributed by atoms with Crippen LogP contribution in [0.1, 0.15) is 11.5 Å². The monoisotopic (exact) mass is 293 g/mol. The second-order valence-corrected chi connectivity index (χ2v) is 6.24. The van der Waals surface area contributed by atoms with Crippen LogP contribution in [0.3, 0.4) is 0 Å². The van der Waals surface area contributed by atoms with E-state index < -0.39 is 21.9 Å². The topological polar surface area (TPSA) is 103 Å². The Morgan fingerprint density at radius 3 is 2.75 bits per heavy atom. The van der Waals surface area contributed by atoms with Gasteiger partial charge in [0.25, 0.3) is 10.0 Å². The van der Waals surface area contributed by atoms with Crippen LogP contribution in [0.5, 0.6) is 0 Å². The quantitative estimate of drug-likeness (QED) is 0.870. The minimum absolute atomic E-state index is 0.0571. The molecule has 1 aromatic heterocycles. The lowest BCUT2D eigenvalue weighted by molar-refractivity contribution is -0.138. The summed E-state index contributed by atoms with van der Waals surface area (Å²) < 4.78 is 26.1. The lowest BCUT2D eigenvalue weighted by atomic mass is 10.0. The number of H-pyrrole nitrogens is 1. The predicted molar refractivity (Wildman–Crippen MR) is 69.9 cm³/mol. The van der Waals surface area contributed by atoms with Crippen molar-refractivity contribution in [3.63, 3.8) is 0 Å². The molecule has 2 heterocycles. The number of fused-ring (bicyclic) bond motifs is 1. The molecule has 0 fully saturated rings. The number of carboxylic acids is 1. The number of benzene rings is 1. The summed E-state index contributed by atoms with van der Waals surface area (Å²) in [5.41, 5.74) is 0.901. The van der Waals surface area contributed by atoms with Crippen molar-refractivity contribution in [3.8, 4) is 0 Å². The van der Waals surface area contributed by atoms with E-state index in [-0.39, 0.29) is 11.6 Å². The molecule has 0 saturated heterocycles. The Bertz CT molecular complexity index is 755. The van der Waals surface area contributed by atoms with Crippen molar-refractivity contribution in [2.24, 2.45) is 0 Å². The van der Waals surface area contributed by atoms with E-state index in [1.807, 2.05) is 0 Å². The van der Waals surface area contributed by atoms with Gasteiger partial charge in [0, 0.05) is 0 Å². The number of aliphatic carboxylic acids is 1. The maximum atomic E-state index is 12.5. The highest BCUT2D eigenvalue weighted by molar-refractivity contribution is 7.92. The fourth-order valence-electron chi connectivity index (χ4n) is 2.32. The number of nitrogens with zero attached hydrogens (tertiary/aromatic N) is 2. The predicted octanol–water partition coefficient (Wildman–Crippen LogP) is 0.787. The molecule has 0 radical (unpaired) electrons. The molecule has 20 heavy (non-hydrogen) atoms. The van der Waals surface area contributed by atoms with Gasteiger partial charge in [0.2, 0.25) is 0 Å². The zero-order valence-electron chi connectivity index (χ0n) is 10.2. The molecule has 1 aliphatic rings. The molecule has 3 rings (SSSR count). The molecule has 0 amide bonds. The van der Waals surface area contributed by atoms with Crippen LogP contribution in [-0.2, 0) is 14.8 Å². The van der Waals surface area contributed by atoms with Gasteiger partial charge < -0.3 is 5.11 Å². The molecule has 8 heteroatoms. The molecule has 1 unspecified atom stereocenters. The Labute approximate surface area is 114 Å². The van der Waals surface area contributed by atoms with E-state index in [0.717, 1.165) is 4.31 Å². The first-order chi connectivity index (χ1) is 9.51. The highest BCUT2D eigenvalue weighted by Crippen LogP contribution is 2.39. The van der Waals surface area contributed by atoms with E-state index in [0.29, 0.717) is 11.3 Å². The maximum Gasteiger partial charge on any atom is 0.312 e. The van der Waals surface area contributed by atoms with Gasteiger partial charge in [0.05, 0.1) is 18.4 Å². The number of rotatable bonds is 3. The lowest BCUT2D eigenvalue weighted by Gasteiger charge is -2.18. The van der Waals surface area contributed by atoms with Crippen molar-refractivity contribution in [1.29, 1.82) is 0 Å². The number of aromatic amines is 1. The molecule has 0 spiro atoms. The Balaban J connectivity index is 2.12. The molecule has 2 aromatic rings. The minimum Gasteiger partial charge on any atom is -0.481 e. The summed E-state index contributed by atoms with van der Waals surface area (Å²) in [5.74, 6) is -1.90. The first-order valence-electron chi connectivity index (χ1n) is 5.85. The van der Waals surface area contributed by atoms with Crippen LogP contribution in [0.2, 0.25) is 0 Å². The van der Waals surface area contributed by atoms with Crippen LogP contribution in [0, 0.1) is 0 Å². The Hall–Kier alpha value is -2.35. The first kappa shape index (κ1) is 12.7. The average molecular weight is 293 g/mol. The average Bonchev–Trinajstić information content (AvgIpc) is 3.07. The summed E-state index contributed by atoms with van der Waals surface area (Å²) in [4.78, 5) is 11.3. The summed E-state index contributed by atoms with van der Waals surface area (Å²) in [6.07, 6.45) is 1.34. The van der Waals surface area contributed by atoms with Gasteiger partial charge in [-0.1, -0.05) is 18.2 Å². The van der Waals surface area contributed by atoms with Crippen molar-refractivity contribution < 1.29 is 18.3 Å². The van der Waals surface area contributed by atoms with Crippen LogP contribution >= 0.6 is 0 Å². The van der Waals surface area contributed by atoms with Crippen molar-refractivity contribution in [2.75, 3.05) is 10.8 Å². The van der Waals surface area contributed by atoms with Crippen molar-refractivity contribution >= 4 is 21.7 Å². The number of para-hydroxylation sites is 1. The van der Waals surface area contributed by atoms with Crippen molar-refractivity contribution in [1.82, 2.24) is 10.2 Å². The number of aromatic nitrogens is 2. The van der Waals surface area contributed by atoms with Crippen molar-refractivity contribution in [3.05, 3.63) is 42.1 Å². The number of hydrogen-bond acceptors (Lipinski definition) is 4. The summed E-state index contributed by atoms with van der Waals surface area (Å²) in [5, 5.41) is 15.2. The van der Waals surface area contributed by atoms with E-state index >= 15 is 0 Å². The molecular formula is C12H11N3O4S. The van der Waals surface area contributed by atoms with E-state index in [4.69, 9.17) is 0 Å². The van der Waals surface area contributed by atoms with E-state index in [1.165, 1.54) is 12.3 Å². The van der Waals surface area contributed by atoms with Gasteiger partial charge in [-0.05, 0) is 17.7 Å². The largest absolute Gasteiger partial charge is 0.481 e. The van der Waals surface area contributed by atoms with Crippen LogP contribution in [0.15, 0.2) is 41.6 Å². The van der Waals surface area contributed by atoms with Gasteiger partial charge in [-0.2, -0.15) is 13.5 Å². The highest BCUT2D eigenvalue weighted by Gasteiger charge is 2.40. The lowest BCUT2D eigenvalue weighted by Crippen LogP contribution is -2.31. The number of carbonyl (C=O) groups is 1. The number of anilines is 1. The molecule has 1 aliphatic heterocycles. The second-order valence-electron chi connectivity index (χ2n) is 4.41. The Morgan fingerprint density at radius 2 is 2.10 bits per heavy atom. The van der Waals surface area contributed by atoms with Crippen LogP contribution < -0.4 is 4.31 Å². The summed E-state index contributed by atoms with van der Waals surface area (Å²) in [6.45, 7) is -0.115. The first-order valence-corrected chi connectivity index (χ1v) is 7.29. The number of nitrogens with one attached hydrogen (secondary N) is 1. The minimum atomic E-state index is -3.82. The summed E-state index contributed by atoms with van der Waals surface area (Å²) >= 11 is 0. The molecule has 104 valence electrons. The van der Waals surface area contributed by atoms with Crippen LogP contribution in [0.25, 0.3) is 0 Å². The third-order valence-electron chi connectivity index (χ3n) is 3.27. The molecule has 0 bridgehead atoms. The third kappa shape index (κ3) is 1.76. The molecule has 7 nitrogen and oxygen atoms in total. The van der Waals surface area contributed by atoms with Crippen LogP contribution in [0.4, 0.5) is 5.69 Å². The van der Waals surface area contributed by atoms with Gasteiger partial charge in [0.15, 0.2) is 5.03 Å². The zero-order valence-corrected chi connectivity index (χ0v) is 11.0. The highest BCUT2D eigenvalue weighted by atomic mass is 32.2. The molecular weight excluding hydrogens is 282 g/mol. The van der Waals surface area contributed by atoms with Gasteiger partial charge in [-0.15, -0.1) is 0 Å². The smallest absolute Gasteiger partial charge is 0.312 e. The SMILES string of the molecule is O=C(O)C1CN(S(=O)(=O)c2ccn[nH]2)c2ccccc21. The van der Waals surface area contributed by atoms with Crippen molar-refractivity contribution in [2.45, 2.75) is 10.9 Å². The maximum absolute atomic E-state index is 12.5. The van der Waals surface area contributed by atoms with Gasteiger partial charge in [-0.3, -0.25) is 14.2 Å². The molecule has 0 saturated carbocycles. The molecule has 2 N–H and O–H groups in total. The number of hydrogen-bond donors (Lipinski definition) is 2. The van der Waals surface area contributed by atoms with Gasteiger partial charge in [0.1, 0.15) is 5.92 Å². The van der Waals surface area contributed by atoms with E-state index in [1.54, 1.807) is 24.3 Å².